The van der Waals surface area contributed by atoms with E-state index in [9.17, 15) is 13.2 Å². The van der Waals surface area contributed by atoms with Crippen molar-refractivity contribution in [2.24, 2.45) is 7.05 Å². The fraction of sp³-hybridized carbons (Fsp3) is 0.444. The first-order chi connectivity index (χ1) is 12.7. The molecule has 7 nitrogen and oxygen atoms in total. The molecule has 1 aromatic carbocycles. The maximum Gasteiger partial charge on any atom is 0.255 e. The van der Waals surface area contributed by atoms with E-state index in [1.807, 2.05) is 18.2 Å². The predicted octanol–water partition coefficient (Wildman–Crippen LogP) is 2.34. The summed E-state index contributed by atoms with van der Waals surface area (Å²) in [5, 5.41) is 4.23. The number of sulfonamides is 1. The van der Waals surface area contributed by atoms with Crippen LogP contribution < -0.4 is 0 Å². The molecule has 0 atom stereocenters. The van der Waals surface area contributed by atoms with E-state index < -0.39 is 10.0 Å². The maximum atomic E-state index is 13.2. The van der Waals surface area contributed by atoms with Crippen molar-refractivity contribution in [3.05, 3.63) is 45.7 Å². The van der Waals surface area contributed by atoms with E-state index in [1.165, 1.54) is 4.31 Å². The standard InChI is InChI=1S/C18H23BrN4O3S/c1-13-17(14(2)21(3)20-13)27(25,26)23-10-6-9-22(11-12-23)18(24)15-7-4-5-8-16(15)19/h4-5,7-8H,6,9-12H2,1-3H3. The van der Waals surface area contributed by atoms with Crippen molar-refractivity contribution in [1.82, 2.24) is 19.0 Å². The van der Waals surface area contributed by atoms with Crippen LogP contribution in [0.25, 0.3) is 0 Å². The van der Waals surface area contributed by atoms with Gasteiger partial charge in [0, 0.05) is 37.7 Å². The van der Waals surface area contributed by atoms with E-state index >= 15 is 0 Å². The van der Waals surface area contributed by atoms with Gasteiger partial charge < -0.3 is 4.90 Å². The summed E-state index contributed by atoms with van der Waals surface area (Å²) in [5.74, 6) is -0.0875. The van der Waals surface area contributed by atoms with Gasteiger partial charge in [0.2, 0.25) is 10.0 Å². The van der Waals surface area contributed by atoms with Crippen LogP contribution in [0.2, 0.25) is 0 Å². The first-order valence-electron chi connectivity index (χ1n) is 8.77. The number of carbonyl (C=O) groups excluding carboxylic acids is 1. The summed E-state index contributed by atoms with van der Waals surface area (Å²) in [6, 6.07) is 7.28. The number of carbonyl (C=O) groups is 1. The molecule has 1 saturated heterocycles. The zero-order valence-electron chi connectivity index (χ0n) is 15.6. The van der Waals surface area contributed by atoms with Crippen molar-refractivity contribution in [2.75, 3.05) is 26.2 Å². The van der Waals surface area contributed by atoms with E-state index in [4.69, 9.17) is 0 Å². The lowest BCUT2D eigenvalue weighted by Gasteiger charge is -2.22. The fourth-order valence-electron chi connectivity index (χ4n) is 3.40. The summed E-state index contributed by atoms with van der Waals surface area (Å²) in [4.78, 5) is 14.8. The first kappa shape index (κ1) is 20.0. The highest BCUT2D eigenvalue weighted by Gasteiger charge is 2.32. The van der Waals surface area contributed by atoms with Crippen LogP contribution in [0.5, 0.6) is 0 Å². The number of hydrogen-bond acceptors (Lipinski definition) is 4. The Morgan fingerprint density at radius 3 is 2.44 bits per heavy atom. The smallest absolute Gasteiger partial charge is 0.255 e. The zero-order chi connectivity index (χ0) is 19.8. The van der Waals surface area contributed by atoms with Crippen LogP contribution in [0.1, 0.15) is 28.2 Å². The molecule has 1 aliphatic rings. The number of nitrogens with zero attached hydrogens (tertiary/aromatic N) is 4. The second kappa shape index (κ2) is 7.73. The van der Waals surface area contributed by atoms with Gasteiger partial charge in [0.15, 0.2) is 0 Å². The number of benzene rings is 1. The van der Waals surface area contributed by atoms with Crippen LogP contribution in [-0.2, 0) is 17.1 Å². The average Bonchev–Trinajstić information content (AvgIpc) is 2.81. The van der Waals surface area contributed by atoms with Gasteiger partial charge in [-0.25, -0.2) is 8.42 Å². The van der Waals surface area contributed by atoms with Gasteiger partial charge in [-0.05, 0) is 48.3 Å². The molecule has 9 heteroatoms. The molecule has 0 aliphatic carbocycles. The molecule has 1 aromatic heterocycles. The fourth-order valence-corrected chi connectivity index (χ4v) is 5.72. The molecule has 0 saturated carbocycles. The summed E-state index contributed by atoms with van der Waals surface area (Å²) in [5.41, 5.74) is 1.71. The summed E-state index contributed by atoms with van der Waals surface area (Å²) >= 11 is 3.41. The normalized spacial score (nSPS) is 16.4. The summed E-state index contributed by atoms with van der Waals surface area (Å²) in [6.07, 6.45) is 0.591. The van der Waals surface area contributed by atoms with E-state index in [0.717, 1.165) is 4.47 Å². The number of amides is 1. The van der Waals surface area contributed by atoms with Crippen LogP contribution in [0.3, 0.4) is 0 Å². The molecule has 1 amide bonds. The lowest BCUT2D eigenvalue weighted by molar-refractivity contribution is 0.0763. The van der Waals surface area contributed by atoms with Gasteiger partial charge in [-0.1, -0.05) is 12.1 Å². The van der Waals surface area contributed by atoms with Crippen LogP contribution in [0, 0.1) is 13.8 Å². The van der Waals surface area contributed by atoms with Crippen LogP contribution in [0.4, 0.5) is 0 Å². The van der Waals surface area contributed by atoms with Gasteiger partial charge in [-0.3, -0.25) is 9.48 Å². The van der Waals surface area contributed by atoms with Crippen LogP contribution in [0.15, 0.2) is 33.6 Å². The molecule has 2 aromatic rings. The van der Waals surface area contributed by atoms with Gasteiger partial charge in [0.05, 0.1) is 17.0 Å². The van der Waals surface area contributed by atoms with Gasteiger partial charge in [0.25, 0.3) is 5.91 Å². The molecule has 2 heterocycles. The Morgan fingerprint density at radius 1 is 1.11 bits per heavy atom. The van der Waals surface area contributed by atoms with Gasteiger partial charge in [-0.2, -0.15) is 9.40 Å². The molecule has 0 unspecified atom stereocenters. The Kier molecular flexibility index (Phi) is 5.73. The molecule has 3 rings (SSSR count). The van der Waals surface area contributed by atoms with Crippen molar-refractivity contribution in [3.8, 4) is 0 Å². The topological polar surface area (TPSA) is 75.5 Å². The summed E-state index contributed by atoms with van der Waals surface area (Å²) in [7, 11) is -1.91. The van der Waals surface area contributed by atoms with Crippen molar-refractivity contribution in [3.63, 3.8) is 0 Å². The minimum absolute atomic E-state index is 0.0875. The Labute approximate surface area is 168 Å². The minimum Gasteiger partial charge on any atom is -0.337 e. The third-order valence-corrected chi connectivity index (χ3v) is 7.73. The zero-order valence-corrected chi connectivity index (χ0v) is 18.0. The number of halogens is 1. The highest BCUT2D eigenvalue weighted by molar-refractivity contribution is 9.10. The van der Waals surface area contributed by atoms with Crippen LogP contribution >= 0.6 is 15.9 Å². The van der Waals surface area contributed by atoms with E-state index in [2.05, 4.69) is 21.0 Å². The lowest BCUT2D eigenvalue weighted by atomic mass is 10.2. The third-order valence-electron chi connectivity index (χ3n) is 4.89. The molecular weight excluding hydrogens is 432 g/mol. The van der Waals surface area contributed by atoms with E-state index in [0.29, 0.717) is 43.0 Å². The summed E-state index contributed by atoms with van der Waals surface area (Å²) in [6.45, 7) is 5.00. The second-order valence-electron chi connectivity index (χ2n) is 6.65. The molecule has 0 bridgehead atoms. The quantitative estimate of drug-likeness (QED) is 0.712. The Bertz CT molecular complexity index is 971. The SMILES string of the molecule is Cc1nn(C)c(C)c1S(=O)(=O)N1CCCN(C(=O)c2ccccc2Br)CC1. The molecule has 146 valence electrons. The number of hydrogen-bond donors (Lipinski definition) is 0. The highest BCUT2D eigenvalue weighted by Crippen LogP contribution is 2.25. The molecule has 1 fully saturated rings. The van der Waals surface area contributed by atoms with Crippen LogP contribution in [-0.4, -0.2) is 59.5 Å². The molecule has 1 aliphatic heterocycles. The van der Waals surface area contributed by atoms with Crippen molar-refractivity contribution in [2.45, 2.75) is 25.2 Å². The number of aromatic nitrogens is 2. The maximum absolute atomic E-state index is 13.2. The molecule has 0 spiro atoms. The lowest BCUT2D eigenvalue weighted by Crippen LogP contribution is -2.37. The molecule has 27 heavy (non-hydrogen) atoms. The number of rotatable bonds is 3. The highest BCUT2D eigenvalue weighted by atomic mass is 79.9. The van der Waals surface area contributed by atoms with E-state index in [-0.39, 0.29) is 17.3 Å². The predicted molar refractivity (Wildman–Crippen MR) is 106 cm³/mol. The van der Waals surface area contributed by atoms with E-state index in [1.54, 1.807) is 36.5 Å². The Hall–Kier alpha value is -1.71. The molecule has 0 radical (unpaired) electrons. The molecule has 0 N–H and O–H groups in total. The van der Waals surface area contributed by atoms with Crippen molar-refractivity contribution in [1.29, 1.82) is 0 Å². The Balaban J connectivity index is 1.80. The average molecular weight is 455 g/mol. The summed E-state index contributed by atoms with van der Waals surface area (Å²) < 4.78 is 30.1. The molecular formula is C18H23BrN4O3S. The first-order valence-corrected chi connectivity index (χ1v) is 11.0. The third kappa shape index (κ3) is 3.81. The van der Waals surface area contributed by atoms with Gasteiger partial charge in [-0.15, -0.1) is 0 Å². The second-order valence-corrected chi connectivity index (χ2v) is 9.38. The monoisotopic (exact) mass is 454 g/mol. The number of aryl methyl sites for hydroxylation is 2. The van der Waals surface area contributed by atoms with Gasteiger partial charge in [0.1, 0.15) is 4.90 Å². The largest absolute Gasteiger partial charge is 0.337 e. The Morgan fingerprint density at radius 2 is 1.81 bits per heavy atom. The van der Waals surface area contributed by atoms with Crippen molar-refractivity contribution < 1.29 is 13.2 Å². The van der Waals surface area contributed by atoms with Crippen molar-refractivity contribution >= 4 is 31.9 Å². The van der Waals surface area contributed by atoms with Gasteiger partial charge >= 0.3 is 0 Å². The minimum atomic E-state index is -3.65.